The maximum absolute atomic E-state index is 12.7. The minimum absolute atomic E-state index is 0.254. The van der Waals surface area contributed by atoms with Gasteiger partial charge in [-0.25, -0.2) is 0 Å². The van der Waals surface area contributed by atoms with Crippen molar-refractivity contribution in [1.82, 2.24) is 4.98 Å². The lowest BCUT2D eigenvalue weighted by Gasteiger charge is -2.12. The van der Waals surface area contributed by atoms with Crippen LogP contribution in [0.1, 0.15) is 11.3 Å². The Labute approximate surface area is 68.9 Å². The summed E-state index contributed by atoms with van der Waals surface area (Å²) in [6.07, 6.45) is 1.07. The lowest BCUT2D eigenvalue weighted by molar-refractivity contribution is -0.0558. The number of pyridine rings is 1. The average molecular weight is 173 g/mol. The molecular weight excluding hydrogens is 164 g/mol. The first-order valence-electron chi connectivity index (χ1n) is 3.48. The minimum atomic E-state index is -3.18. The van der Waals surface area contributed by atoms with Gasteiger partial charge in [0.15, 0.2) is 0 Å². The molecule has 0 bridgehead atoms. The number of aromatic nitrogens is 1. The maximum Gasteiger partial charge on any atom is 0.297 e. The molecule has 0 unspecified atom stereocenters. The monoisotopic (exact) mass is 173 g/mol. The second-order valence-electron chi connectivity index (χ2n) is 2.55. The van der Waals surface area contributed by atoms with E-state index in [0.29, 0.717) is 5.69 Å². The third-order valence-corrected chi connectivity index (χ3v) is 1.53. The normalized spacial score (nSPS) is 11.7. The van der Waals surface area contributed by atoms with Crippen molar-refractivity contribution >= 4 is 0 Å². The molecule has 1 N–H and O–H groups in total. The molecule has 0 aliphatic rings. The Balaban J connectivity index is 2.96. The Morgan fingerprint density at radius 3 is 2.58 bits per heavy atom. The van der Waals surface area contributed by atoms with Crippen LogP contribution in [-0.4, -0.2) is 16.7 Å². The van der Waals surface area contributed by atoms with Crippen LogP contribution in [0.5, 0.6) is 0 Å². The van der Waals surface area contributed by atoms with E-state index in [9.17, 15) is 8.78 Å². The molecule has 1 aromatic rings. The number of hydrogen-bond acceptors (Lipinski definition) is 2. The Bertz CT molecular complexity index is 258. The quantitative estimate of drug-likeness (QED) is 0.734. The van der Waals surface area contributed by atoms with Crippen LogP contribution in [0.2, 0.25) is 0 Å². The minimum Gasteiger partial charge on any atom is -0.390 e. The van der Waals surface area contributed by atoms with E-state index >= 15 is 0 Å². The summed E-state index contributed by atoms with van der Waals surface area (Å²) in [5.74, 6) is -3.18. The molecule has 0 aromatic carbocycles. The van der Waals surface area contributed by atoms with Crippen LogP contribution < -0.4 is 0 Å². The molecule has 1 aromatic heterocycles. The van der Waals surface area contributed by atoms with Gasteiger partial charge in [-0.05, 0) is 19.1 Å². The smallest absolute Gasteiger partial charge is 0.297 e. The first-order chi connectivity index (χ1) is 5.56. The van der Waals surface area contributed by atoms with Gasteiger partial charge in [0.25, 0.3) is 5.92 Å². The fourth-order valence-corrected chi connectivity index (χ4v) is 0.775. The topological polar surface area (TPSA) is 33.1 Å². The molecule has 1 heterocycles. The molecule has 0 saturated carbocycles. The second kappa shape index (κ2) is 3.15. The van der Waals surface area contributed by atoms with E-state index in [1.165, 1.54) is 12.1 Å². The summed E-state index contributed by atoms with van der Waals surface area (Å²) in [5.41, 5.74) is 0.420. The van der Waals surface area contributed by atoms with Gasteiger partial charge in [0.1, 0.15) is 6.61 Å². The Morgan fingerprint density at radius 2 is 2.17 bits per heavy atom. The number of aryl methyl sites for hydroxylation is 1. The lowest BCUT2D eigenvalue weighted by Crippen LogP contribution is -2.18. The SMILES string of the molecule is Cc1ccc(C(F)(F)CO)cn1. The van der Waals surface area contributed by atoms with Crippen molar-refractivity contribution in [3.8, 4) is 0 Å². The molecule has 0 atom stereocenters. The van der Waals surface area contributed by atoms with Crippen molar-refractivity contribution in [3.05, 3.63) is 29.6 Å². The standard InChI is InChI=1S/C8H9F2NO/c1-6-2-3-7(4-11-6)8(9,10)5-12/h2-4,12H,5H2,1H3. The van der Waals surface area contributed by atoms with Gasteiger partial charge in [-0.1, -0.05) is 0 Å². The van der Waals surface area contributed by atoms with Gasteiger partial charge >= 0.3 is 0 Å². The van der Waals surface area contributed by atoms with E-state index < -0.39 is 12.5 Å². The summed E-state index contributed by atoms with van der Waals surface area (Å²) in [6, 6.07) is 2.75. The molecule has 0 amide bonds. The van der Waals surface area contributed by atoms with Crippen LogP contribution in [0.3, 0.4) is 0 Å². The van der Waals surface area contributed by atoms with E-state index in [-0.39, 0.29) is 5.56 Å². The summed E-state index contributed by atoms with van der Waals surface area (Å²) in [4.78, 5) is 3.70. The van der Waals surface area contributed by atoms with Crippen LogP contribution >= 0.6 is 0 Å². The molecule has 0 radical (unpaired) electrons. The van der Waals surface area contributed by atoms with Gasteiger partial charge in [-0.15, -0.1) is 0 Å². The fraction of sp³-hybridized carbons (Fsp3) is 0.375. The van der Waals surface area contributed by atoms with E-state index in [1.54, 1.807) is 6.92 Å². The highest BCUT2D eigenvalue weighted by Gasteiger charge is 2.30. The zero-order valence-electron chi connectivity index (χ0n) is 6.59. The van der Waals surface area contributed by atoms with Crippen LogP contribution in [0.15, 0.2) is 18.3 Å². The molecule has 0 fully saturated rings. The molecule has 12 heavy (non-hydrogen) atoms. The molecule has 0 spiro atoms. The number of nitrogens with zero attached hydrogens (tertiary/aromatic N) is 1. The van der Waals surface area contributed by atoms with Crippen molar-refractivity contribution < 1.29 is 13.9 Å². The summed E-state index contributed by atoms with van der Waals surface area (Å²) in [5, 5.41) is 8.34. The predicted octanol–water partition coefficient (Wildman–Crippen LogP) is 1.47. The van der Waals surface area contributed by atoms with Crippen molar-refractivity contribution in [2.75, 3.05) is 6.61 Å². The largest absolute Gasteiger partial charge is 0.390 e. The van der Waals surface area contributed by atoms with Crippen molar-refractivity contribution in [3.63, 3.8) is 0 Å². The van der Waals surface area contributed by atoms with E-state index in [0.717, 1.165) is 6.20 Å². The van der Waals surface area contributed by atoms with E-state index in [2.05, 4.69) is 4.98 Å². The first-order valence-corrected chi connectivity index (χ1v) is 3.48. The number of halogens is 2. The van der Waals surface area contributed by atoms with Gasteiger partial charge < -0.3 is 5.11 Å². The Hall–Kier alpha value is -1.03. The summed E-state index contributed by atoms with van der Waals surface area (Å²) in [6.45, 7) is 0.526. The molecule has 66 valence electrons. The van der Waals surface area contributed by atoms with Crippen molar-refractivity contribution in [1.29, 1.82) is 0 Å². The van der Waals surface area contributed by atoms with Crippen LogP contribution in [0.4, 0.5) is 8.78 Å². The summed E-state index contributed by atoms with van der Waals surface area (Å²) in [7, 11) is 0. The molecule has 0 saturated heterocycles. The van der Waals surface area contributed by atoms with Gasteiger partial charge in [0, 0.05) is 17.5 Å². The molecule has 2 nitrogen and oxygen atoms in total. The predicted molar refractivity (Wildman–Crippen MR) is 40.0 cm³/mol. The number of aliphatic hydroxyl groups excluding tert-OH is 1. The van der Waals surface area contributed by atoms with Crippen LogP contribution in [0.25, 0.3) is 0 Å². The maximum atomic E-state index is 12.7. The first kappa shape index (κ1) is 9.06. The van der Waals surface area contributed by atoms with Gasteiger partial charge in [-0.3, -0.25) is 4.98 Å². The molecular formula is C8H9F2NO. The zero-order valence-corrected chi connectivity index (χ0v) is 6.59. The Kier molecular flexibility index (Phi) is 2.38. The summed E-state index contributed by atoms with van der Waals surface area (Å²) >= 11 is 0. The Morgan fingerprint density at radius 1 is 1.50 bits per heavy atom. The third kappa shape index (κ3) is 1.76. The fourth-order valence-electron chi connectivity index (χ4n) is 0.775. The van der Waals surface area contributed by atoms with Crippen molar-refractivity contribution in [2.45, 2.75) is 12.8 Å². The van der Waals surface area contributed by atoms with Gasteiger partial charge in [0.05, 0.1) is 0 Å². The molecule has 4 heteroatoms. The number of hydrogen-bond donors (Lipinski definition) is 1. The van der Waals surface area contributed by atoms with Crippen LogP contribution in [0, 0.1) is 6.92 Å². The summed E-state index contributed by atoms with van der Waals surface area (Å²) < 4.78 is 25.5. The number of rotatable bonds is 2. The zero-order chi connectivity index (χ0) is 9.19. The highest BCUT2D eigenvalue weighted by Crippen LogP contribution is 2.25. The lowest BCUT2D eigenvalue weighted by atomic mass is 10.1. The third-order valence-electron chi connectivity index (χ3n) is 1.53. The highest BCUT2D eigenvalue weighted by atomic mass is 19.3. The van der Waals surface area contributed by atoms with Gasteiger partial charge in [-0.2, -0.15) is 8.78 Å². The molecule has 0 aliphatic carbocycles. The second-order valence-corrected chi connectivity index (χ2v) is 2.55. The average Bonchev–Trinajstić information content (AvgIpc) is 2.05. The number of aliphatic hydroxyl groups is 1. The van der Waals surface area contributed by atoms with Crippen LogP contribution in [-0.2, 0) is 5.92 Å². The van der Waals surface area contributed by atoms with E-state index in [4.69, 9.17) is 5.11 Å². The van der Waals surface area contributed by atoms with Crippen molar-refractivity contribution in [2.24, 2.45) is 0 Å². The van der Waals surface area contributed by atoms with E-state index in [1.807, 2.05) is 0 Å². The highest BCUT2D eigenvalue weighted by molar-refractivity contribution is 5.18. The van der Waals surface area contributed by atoms with Gasteiger partial charge in [0.2, 0.25) is 0 Å². The molecule has 1 rings (SSSR count). The number of alkyl halides is 2. The molecule has 0 aliphatic heterocycles.